The topological polar surface area (TPSA) is 94.0 Å². The molecule has 0 unspecified atom stereocenters. The van der Waals surface area contributed by atoms with Gasteiger partial charge in [-0.1, -0.05) is 0 Å². The Hall–Kier alpha value is -1.83. The second-order valence-electron chi connectivity index (χ2n) is 2.63. The molecular formula is C7H7F3N4O. The van der Waals surface area contributed by atoms with Gasteiger partial charge in [0.2, 0.25) is 0 Å². The monoisotopic (exact) mass is 220 g/mol. The predicted molar refractivity (Wildman–Crippen MR) is 45.3 cm³/mol. The molecule has 0 saturated heterocycles. The fraction of sp³-hybridized carbons (Fsp3) is 0.143. The summed E-state index contributed by atoms with van der Waals surface area (Å²) in [5.41, 5.74) is 5.19. The van der Waals surface area contributed by atoms with E-state index in [4.69, 9.17) is 11.6 Å². The minimum Gasteiger partial charge on any atom is -0.397 e. The average Bonchev–Trinajstić information content (AvgIpc) is 2.15. The molecule has 1 amide bonds. The summed E-state index contributed by atoms with van der Waals surface area (Å²) < 4.78 is 36.5. The maximum atomic E-state index is 12.2. The molecule has 1 rings (SSSR count). The average molecular weight is 220 g/mol. The molecule has 82 valence electrons. The third kappa shape index (κ3) is 2.34. The van der Waals surface area contributed by atoms with Gasteiger partial charge in [0.05, 0.1) is 11.3 Å². The lowest BCUT2D eigenvalue weighted by Crippen LogP contribution is -2.31. The highest BCUT2D eigenvalue weighted by Crippen LogP contribution is 2.30. The minimum atomic E-state index is -4.54. The van der Waals surface area contributed by atoms with E-state index in [2.05, 4.69) is 4.98 Å². The van der Waals surface area contributed by atoms with Crippen molar-refractivity contribution in [1.82, 2.24) is 10.4 Å². The van der Waals surface area contributed by atoms with Crippen molar-refractivity contribution in [3.8, 4) is 0 Å². The highest BCUT2D eigenvalue weighted by molar-refractivity contribution is 5.96. The molecule has 1 aromatic rings. The molecule has 0 bridgehead atoms. The number of hydrazine groups is 1. The first-order valence-corrected chi connectivity index (χ1v) is 3.70. The highest BCUT2D eigenvalue weighted by atomic mass is 19.4. The second kappa shape index (κ2) is 3.73. The van der Waals surface area contributed by atoms with Crippen LogP contribution < -0.4 is 17.0 Å². The molecule has 5 N–H and O–H groups in total. The van der Waals surface area contributed by atoms with Gasteiger partial charge in [-0.2, -0.15) is 13.2 Å². The van der Waals surface area contributed by atoms with E-state index in [-0.39, 0.29) is 11.4 Å². The summed E-state index contributed by atoms with van der Waals surface area (Å²) in [6, 6.07) is 0.623. The van der Waals surface area contributed by atoms with E-state index < -0.39 is 17.6 Å². The highest BCUT2D eigenvalue weighted by Gasteiger charge is 2.31. The Balaban J connectivity index is 3.15. The van der Waals surface area contributed by atoms with E-state index in [0.29, 0.717) is 12.3 Å². The van der Waals surface area contributed by atoms with Crippen LogP contribution in [0.4, 0.5) is 18.9 Å². The molecule has 0 spiro atoms. The van der Waals surface area contributed by atoms with Gasteiger partial charge in [0.15, 0.2) is 5.69 Å². The number of nitrogens with one attached hydrogen (secondary N) is 1. The van der Waals surface area contributed by atoms with Gasteiger partial charge in [-0.25, -0.2) is 10.8 Å². The summed E-state index contributed by atoms with van der Waals surface area (Å²) in [4.78, 5) is 14.2. The number of alkyl halides is 3. The third-order valence-corrected chi connectivity index (χ3v) is 1.59. The molecule has 0 aliphatic heterocycles. The number of nitrogens with zero attached hydrogens (tertiary/aromatic N) is 1. The molecule has 0 aliphatic rings. The Morgan fingerprint density at radius 3 is 2.47 bits per heavy atom. The quantitative estimate of drug-likeness (QED) is 0.360. The number of pyridine rings is 1. The Labute approximate surface area is 82.2 Å². The summed E-state index contributed by atoms with van der Waals surface area (Å²) in [7, 11) is 0. The molecule has 0 aromatic carbocycles. The Kier molecular flexibility index (Phi) is 2.80. The van der Waals surface area contributed by atoms with Crippen LogP contribution >= 0.6 is 0 Å². The molecule has 0 atom stereocenters. The van der Waals surface area contributed by atoms with Gasteiger partial charge in [-0.15, -0.1) is 0 Å². The van der Waals surface area contributed by atoms with Crippen molar-refractivity contribution < 1.29 is 18.0 Å². The first-order chi connectivity index (χ1) is 6.86. The molecule has 1 heterocycles. The number of nitrogen functional groups attached to an aromatic ring is 2. The van der Waals surface area contributed by atoms with E-state index in [1.54, 1.807) is 5.43 Å². The SMILES string of the molecule is NNC(=O)c1ncc(C(F)(F)F)cc1N. The number of amides is 1. The van der Waals surface area contributed by atoms with Crippen LogP contribution in [-0.4, -0.2) is 10.9 Å². The summed E-state index contributed by atoms with van der Waals surface area (Å²) in [5, 5.41) is 0. The van der Waals surface area contributed by atoms with Gasteiger partial charge in [0.1, 0.15) is 0 Å². The van der Waals surface area contributed by atoms with Gasteiger partial charge in [0, 0.05) is 6.20 Å². The lowest BCUT2D eigenvalue weighted by atomic mass is 10.2. The number of hydrogen-bond acceptors (Lipinski definition) is 4. The maximum Gasteiger partial charge on any atom is 0.417 e. The molecule has 15 heavy (non-hydrogen) atoms. The van der Waals surface area contributed by atoms with E-state index in [1.165, 1.54) is 0 Å². The number of rotatable bonds is 1. The maximum absolute atomic E-state index is 12.2. The van der Waals surface area contributed by atoms with Crippen LogP contribution in [0, 0.1) is 0 Å². The van der Waals surface area contributed by atoms with Crippen molar-refractivity contribution in [3.05, 3.63) is 23.5 Å². The first-order valence-electron chi connectivity index (χ1n) is 3.70. The zero-order chi connectivity index (χ0) is 11.6. The van der Waals surface area contributed by atoms with Gasteiger partial charge >= 0.3 is 6.18 Å². The van der Waals surface area contributed by atoms with Gasteiger partial charge in [-0.05, 0) is 6.07 Å². The van der Waals surface area contributed by atoms with Crippen LogP contribution in [0.1, 0.15) is 16.1 Å². The van der Waals surface area contributed by atoms with Gasteiger partial charge in [0.25, 0.3) is 5.91 Å². The van der Waals surface area contributed by atoms with E-state index in [1.807, 2.05) is 0 Å². The van der Waals surface area contributed by atoms with Crippen LogP contribution in [0.15, 0.2) is 12.3 Å². The number of carbonyl (C=O) groups is 1. The zero-order valence-electron chi connectivity index (χ0n) is 7.30. The van der Waals surface area contributed by atoms with Crippen molar-refractivity contribution in [1.29, 1.82) is 0 Å². The van der Waals surface area contributed by atoms with E-state index in [0.717, 1.165) is 0 Å². The fourth-order valence-corrected chi connectivity index (χ4v) is 0.895. The van der Waals surface area contributed by atoms with Crippen LogP contribution in [0.5, 0.6) is 0 Å². The lowest BCUT2D eigenvalue weighted by molar-refractivity contribution is -0.137. The molecule has 8 heteroatoms. The van der Waals surface area contributed by atoms with Gasteiger partial charge in [-0.3, -0.25) is 10.2 Å². The number of anilines is 1. The van der Waals surface area contributed by atoms with E-state index in [9.17, 15) is 18.0 Å². The van der Waals surface area contributed by atoms with Crippen LogP contribution in [0.3, 0.4) is 0 Å². The number of hydrogen-bond donors (Lipinski definition) is 3. The standard InChI is InChI=1S/C7H7F3N4O/c8-7(9,10)3-1-4(11)5(13-2-3)6(15)14-12/h1-2H,11-12H2,(H,14,15). The molecular weight excluding hydrogens is 213 g/mol. The molecule has 0 radical (unpaired) electrons. The number of aromatic nitrogens is 1. The van der Waals surface area contributed by atoms with Crippen molar-refractivity contribution in [2.24, 2.45) is 5.84 Å². The molecule has 0 aliphatic carbocycles. The van der Waals surface area contributed by atoms with Crippen molar-refractivity contribution in [2.75, 3.05) is 5.73 Å². The van der Waals surface area contributed by atoms with Crippen molar-refractivity contribution >= 4 is 11.6 Å². The summed E-state index contributed by atoms with van der Waals surface area (Å²) in [6.07, 6.45) is -4.03. The fourth-order valence-electron chi connectivity index (χ4n) is 0.895. The first kappa shape index (κ1) is 11.2. The third-order valence-electron chi connectivity index (χ3n) is 1.59. The van der Waals surface area contributed by atoms with E-state index >= 15 is 0 Å². The van der Waals surface area contributed by atoms with Crippen LogP contribution in [0.25, 0.3) is 0 Å². The predicted octanol–water partition coefficient (Wildman–Crippen LogP) is 0.286. The number of nitrogens with two attached hydrogens (primary N) is 2. The van der Waals surface area contributed by atoms with Crippen LogP contribution in [0.2, 0.25) is 0 Å². The minimum absolute atomic E-state index is 0.342. The van der Waals surface area contributed by atoms with Crippen LogP contribution in [-0.2, 0) is 6.18 Å². The van der Waals surface area contributed by atoms with Crippen molar-refractivity contribution in [2.45, 2.75) is 6.18 Å². The summed E-state index contributed by atoms with van der Waals surface area (Å²) in [6.45, 7) is 0. The Morgan fingerprint density at radius 1 is 1.47 bits per heavy atom. The van der Waals surface area contributed by atoms with Gasteiger partial charge < -0.3 is 5.73 Å². The molecule has 0 fully saturated rings. The second-order valence-corrected chi connectivity index (χ2v) is 2.63. The Morgan fingerprint density at radius 2 is 2.07 bits per heavy atom. The lowest BCUT2D eigenvalue weighted by Gasteiger charge is -2.08. The zero-order valence-corrected chi connectivity index (χ0v) is 7.30. The largest absolute Gasteiger partial charge is 0.417 e. The van der Waals surface area contributed by atoms with Crippen molar-refractivity contribution in [3.63, 3.8) is 0 Å². The summed E-state index contributed by atoms with van der Waals surface area (Å²) >= 11 is 0. The Bertz CT molecular complexity index is 390. The molecule has 5 nitrogen and oxygen atoms in total. The molecule has 0 saturated carbocycles. The smallest absolute Gasteiger partial charge is 0.397 e. The normalized spacial score (nSPS) is 11.2. The summed E-state index contributed by atoms with van der Waals surface area (Å²) in [5.74, 6) is 3.93. The number of halogens is 3. The number of carbonyl (C=O) groups excluding carboxylic acids is 1. The molecule has 1 aromatic heterocycles.